The number of halogens is 3. The van der Waals surface area contributed by atoms with Gasteiger partial charge in [0, 0.05) is 50.9 Å². The van der Waals surface area contributed by atoms with Crippen molar-refractivity contribution in [3.8, 4) is 11.5 Å². The van der Waals surface area contributed by atoms with Gasteiger partial charge in [-0.25, -0.2) is 8.78 Å². The van der Waals surface area contributed by atoms with Crippen molar-refractivity contribution in [3.05, 3.63) is 59.7 Å². The summed E-state index contributed by atoms with van der Waals surface area (Å²) in [6, 6.07) is 9.48. The standard InChI is InChI=1S/C19H21F2N3O2.ClH/c20-15-3-6-18(17(21)13-15)26-16-4-1-14(2-5-16)19(25)23-9-12-24-10-7-22-8-11-24;/h1-6,13,22H,7-12H2,(H,23,25);1H. The molecule has 0 aromatic heterocycles. The zero-order valence-corrected chi connectivity index (χ0v) is 15.5. The summed E-state index contributed by atoms with van der Waals surface area (Å²) in [6.07, 6.45) is 0. The van der Waals surface area contributed by atoms with Crippen LogP contribution >= 0.6 is 12.4 Å². The minimum absolute atomic E-state index is 0. The van der Waals surface area contributed by atoms with Gasteiger partial charge in [0.15, 0.2) is 11.6 Å². The molecule has 27 heavy (non-hydrogen) atoms. The first-order valence-electron chi connectivity index (χ1n) is 8.56. The van der Waals surface area contributed by atoms with Crippen molar-refractivity contribution in [1.82, 2.24) is 15.5 Å². The van der Waals surface area contributed by atoms with Crippen LogP contribution in [-0.4, -0.2) is 50.1 Å². The van der Waals surface area contributed by atoms with Gasteiger partial charge in [-0.1, -0.05) is 0 Å². The number of hydrogen-bond donors (Lipinski definition) is 2. The van der Waals surface area contributed by atoms with Crippen molar-refractivity contribution in [2.24, 2.45) is 0 Å². The van der Waals surface area contributed by atoms with Crippen LogP contribution in [0.2, 0.25) is 0 Å². The zero-order valence-electron chi connectivity index (χ0n) is 14.7. The molecule has 1 aliphatic rings. The van der Waals surface area contributed by atoms with Crippen molar-refractivity contribution in [1.29, 1.82) is 0 Å². The third-order valence-corrected chi connectivity index (χ3v) is 4.16. The maximum atomic E-state index is 13.6. The van der Waals surface area contributed by atoms with Crippen LogP contribution < -0.4 is 15.4 Å². The first-order chi connectivity index (χ1) is 12.6. The van der Waals surface area contributed by atoms with E-state index in [4.69, 9.17) is 4.74 Å². The average molecular weight is 398 g/mol. The van der Waals surface area contributed by atoms with Gasteiger partial charge >= 0.3 is 0 Å². The molecule has 0 atom stereocenters. The molecule has 146 valence electrons. The predicted molar refractivity (Wildman–Crippen MR) is 102 cm³/mol. The molecule has 2 aromatic carbocycles. The van der Waals surface area contributed by atoms with Gasteiger partial charge in [0.25, 0.3) is 5.91 Å². The number of amides is 1. The van der Waals surface area contributed by atoms with E-state index in [0.717, 1.165) is 44.9 Å². The van der Waals surface area contributed by atoms with Gasteiger partial charge in [-0.2, -0.15) is 0 Å². The van der Waals surface area contributed by atoms with Crippen LogP contribution in [0, 0.1) is 11.6 Å². The predicted octanol–water partition coefficient (Wildman–Crippen LogP) is 2.81. The highest BCUT2D eigenvalue weighted by Crippen LogP contribution is 2.25. The third-order valence-electron chi connectivity index (χ3n) is 4.16. The van der Waals surface area contributed by atoms with E-state index in [1.54, 1.807) is 24.3 Å². The lowest BCUT2D eigenvalue weighted by Gasteiger charge is -2.27. The monoisotopic (exact) mass is 397 g/mol. The first kappa shape index (κ1) is 21.1. The van der Waals surface area contributed by atoms with E-state index in [2.05, 4.69) is 15.5 Å². The summed E-state index contributed by atoms with van der Waals surface area (Å²) >= 11 is 0. The van der Waals surface area contributed by atoms with Gasteiger partial charge in [0.2, 0.25) is 0 Å². The lowest BCUT2D eigenvalue weighted by Crippen LogP contribution is -2.46. The maximum Gasteiger partial charge on any atom is 0.251 e. The fourth-order valence-corrected chi connectivity index (χ4v) is 2.72. The quantitative estimate of drug-likeness (QED) is 0.787. The highest BCUT2D eigenvalue weighted by atomic mass is 35.5. The molecule has 1 fully saturated rings. The normalized spacial score (nSPS) is 14.3. The van der Waals surface area contributed by atoms with Crippen LogP contribution in [0.4, 0.5) is 8.78 Å². The summed E-state index contributed by atoms with van der Waals surface area (Å²) in [4.78, 5) is 14.5. The number of nitrogens with one attached hydrogen (secondary N) is 2. The van der Waals surface area contributed by atoms with Crippen LogP contribution in [0.5, 0.6) is 11.5 Å². The van der Waals surface area contributed by atoms with Crippen LogP contribution in [0.25, 0.3) is 0 Å². The number of hydrogen-bond acceptors (Lipinski definition) is 4. The number of carbonyl (C=O) groups is 1. The molecule has 3 rings (SSSR count). The molecule has 0 aliphatic carbocycles. The topological polar surface area (TPSA) is 53.6 Å². The van der Waals surface area contributed by atoms with Crippen LogP contribution in [0.15, 0.2) is 42.5 Å². The molecule has 0 spiro atoms. The summed E-state index contributed by atoms with van der Waals surface area (Å²) in [5, 5.41) is 6.17. The summed E-state index contributed by atoms with van der Waals surface area (Å²) < 4.78 is 31.9. The van der Waals surface area contributed by atoms with Crippen molar-refractivity contribution >= 4 is 18.3 Å². The van der Waals surface area contributed by atoms with Crippen LogP contribution in [-0.2, 0) is 0 Å². The summed E-state index contributed by atoms with van der Waals surface area (Å²) in [5.74, 6) is -1.31. The fraction of sp³-hybridized carbons (Fsp3) is 0.316. The molecule has 0 saturated carbocycles. The molecule has 8 heteroatoms. The molecule has 0 unspecified atom stereocenters. The molecule has 1 aliphatic heterocycles. The molecular formula is C19H22ClF2N3O2. The number of piperazine rings is 1. The number of benzene rings is 2. The van der Waals surface area contributed by atoms with E-state index in [-0.39, 0.29) is 24.1 Å². The van der Waals surface area contributed by atoms with E-state index < -0.39 is 11.6 Å². The summed E-state index contributed by atoms with van der Waals surface area (Å²) in [7, 11) is 0. The molecule has 2 N–H and O–H groups in total. The Morgan fingerprint density at radius 1 is 1.11 bits per heavy atom. The highest BCUT2D eigenvalue weighted by molar-refractivity contribution is 5.94. The Bertz CT molecular complexity index is 753. The van der Waals surface area contributed by atoms with Gasteiger partial charge in [-0.15, -0.1) is 12.4 Å². The van der Waals surface area contributed by atoms with Crippen molar-refractivity contribution in [2.45, 2.75) is 0 Å². The first-order valence-corrected chi connectivity index (χ1v) is 8.56. The van der Waals surface area contributed by atoms with E-state index in [1.165, 1.54) is 6.07 Å². The van der Waals surface area contributed by atoms with Crippen molar-refractivity contribution < 1.29 is 18.3 Å². The molecule has 1 saturated heterocycles. The second-order valence-electron chi connectivity index (χ2n) is 6.05. The van der Waals surface area contributed by atoms with E-state index in [0.29, 0.717) is 17.9 Å². The van der Waals surface area contributed by atoms with Crippen molar-refractivity contribution in [2.75, 3.05) is 39.3 Å². The molecule has 2 aromatic rings. The maximum absolute atomic E-state index is 13.6. The Hall–Kier alpha value is -2.22. The molecule has 0 radical (unpaired) electrons. The second-order valence-corrected chi connectivity index (χ2v) is 6.05. The third kappa shape index (κ3) is 6.16. The number of nitrogens with zero attached hydrogens (tertiary/aromatic N) is 1. The molecule has 1 heterocycles. The van der Waals surface area contributed by atoms with Gasteiger partial charge in [-0.3, -0.25) is 9.69 Å². The highest BCUT2D eigenvalue weighted by Gasteiger charge is 2.11. The number of ether oxygens (including phenoxy) is 1. The minimum atomic E-state index is -0.778. The number of carbonyl (C=O) groups excluding carboxylic acids is 1. The fourth-order valence-electron chi connectivity index (χ4n) is 2.72. The Kier molecular flexibility index (Phi) is 7.97. The van der Waals surface area contributed by atoms with Gasteiger partial charge in [0.1, 0.15) is 11.6 Å². The summed E-state index contributed by atoms with van der Waals surface area (Å²) in [6.45, 7) is 5.33. The Balaban J connectivity index is 0.00000261. The van der Waals surface area contributed by atoms with E-state index in [9.17, 15) is 13.6 Å². The molecule has 0 bridgehead atoms. The largest absolute Gasteiger partial charge is 0.454 e. The molecular weight excluding hydrogens is 376 g/mol. The Morgan fingerprint density at radius 2 is 1.81 bits per heavy atom. The minimum Gasteiger partial charge on any atom is -0.454 e. The van der Waals surface area contributed by atoms with Crippen LogP contribution in [0.1, 0.15) is 10.4 Å². The summed E-state index contributed by atoms with van der Waals surface area (Å²) in [5.41, 5.74) is 0.497. The van der Waals surface area contributed by atoms with E-state index >= 15 is 0 Å². The Morgan fingerprint density at radius 3 is 2.48 bits per heavy atom. The average Bonchev–Trinajstić information content (AvgIpc) is 2.65. The molecule has 5 nitrogen and oxygen atoms in total. The molecule has 1 amide bonds. The van der Waals surface area contributed by atoms with Gasteiger partial charge in [-0.05, 0) is 36.4 Å². The SMILES string of the molecule is Cl.O=C(NCCN1CCNCC1)c1ccc(Oc2ccc(F)cc2F)cc1. The van der Waals surface area contributed by atoms with Gasteiger partial charge in [0.05, 0.1) is 0 Å². The number of rotatable bonds is 6. The Labute approximate surface area is 163 Å². The zero-order chi connectivity index (χ0) is 18.4. The second kappa shape index (κ2) is 10.2. The lowest BCUT2D eigenvalue weighted by molar-refractivity contribution is 0.0947. The smallest absolute Gasteiger partial charge is 0.251 e. The lowest BCUT2D eigenvalue weighted by atomic mass is 10.2. The van der Waals surface area contributed by atoms with Crippen LogP contribution in [0.3, 0.4) is 0 Å². The van der Waals surface area contributed by atoms with E-state index in [1.807, 2.05) is 0 Å². The van der Waals surface area contributed by atoms with Gasteiger partial charge < -0.3 is 15.4 Å². The van der Waals surface area contributed by atoms with Crippen molar-refractivity contribution in [3.63, 3.8) is 0 Å².